The first-order chi connectivity index (χ1) is 12.4. The number of nitrogens with one attached hydrogen (secondary N) is 2. The molecule has 2 aliphatic rings. The summed E-state index contributed by atoms with van der Waals surface area (Å²) in [5, 5.41) is 5.95. The van der Waals surface area contributed by atoms with Crippen LogP contribution in [0.15, 0.2) is 24.3 Å². The Morgan fingerprint density at radius 3 is 2.21 bits per heavy atom. The Kier molecular flexibility index (Phi) is 9.70. The summed E-state index contributed by atoms with van der Waals surface area (Å²) >= 11 is 0. The van der Waals surface area contributed by atoms with Crippen molar-refractivity contribution in [1.82, 2.24) is 10.2 Å². The third-order valence-electron chi connectivity index (χ3n) is 5.66. The minimum Gasteiger partial charge on any atom is -0.325 e. The summed E-state index contributed by atoms with van der Waals surface area (Å²) in [7, 11) is -3.49. The van der Waals surface area contributed by atoms with E-state index in [1.54, 1.807) is 0 Å². The Bertz CT molecular complexity index is 729. The fourth-order valence-corrected chi connectivity index (χ4v) is 5.22. The summed E-state index contributed by atoms with van der Waals surface area (Å²) < 4.78 is 23.3. The normalized spacial score (nSPS) is 19.3. The van der Waals surface area contributed by atoms with E-state index in [9.17, 15) is 13.2 Å². The van der Waals surface area contributed by atoms with Gasteiger partial charge in [-0.3, -0.25) is 4.79 Å². The number of nitrogens with zero attached hydrogens (tertiary/aromatic N) is 1. The summed E-state index contributed by atoms with van der Waals surface area (Å²) in [4.78, 5) is 15.3. The van der Waals surface area contributed by atoms with Gasteiger partial charge in [0.2, 0.25) is 5.91 Å². The molecule has 0 unspecified atom stereocenters. The monoisotopic (exact) mass is 451 g/mol. The summed E-state index contributed by atoms with van der Waals surface area (Å²) in [6.07, 6.45) is 5.37. The number of likely N-dealkylation sites (tertiary alicyclic amines) is 1. The molecule has 2 aliphatic heterocycles. The first-order valence-electron chi connectivity index (χ1n) is 9.44. The van der Waals surface area contributed by atoms with Crippen LogP contribution in [-0.2, 0) is 21.1 Å². The molecule has 0 radical (unpaired) electrons. The summed E-state index contributed by atoms with van der Waals surface area (Å²) in [5.74, 6) is -0.411. The van der Waals surface area contributed by atoms with Crippen molar-refractivity contribution in [2.45, 2.75) is 36.9 Å². The SMILES string of the molecule is CS(=O)(=O)C1(C(=O)Nc2ccc(CCN3CCCC3)cc2)CCNCC1.Cl.Cl. The number of hydrogen-bond donors (Lipinski definition) is 2. The molecule has 0 saturated carbocycles. The molecule has 3 rings (SSSR count). The molecular weight excluding hydrogens is 421 g/mol. The molecule has 0 aromatic heterocycles. The fourth-order valence-electron chi connectivity index (χ4n) is 3.89. The molecule has 2 saturated heterocycles. The highest BCUT2D eigenvalue weighted by atomic mass is 35.5. The Morgan fingerprint density at radius 1 is 1.11 bits per heavy atom. The third kappa shape index (κ3) is 5.83. The lowest BCUT2D eigenvalue weighted by molar-refractivity contribution is -0.119. The van der Waals surface area contributed by atoms with E-state index >= 15 is 0 Å². The maximum atomic E-state index is 12.8. The van der Waals surface area contributed by atoms with Gasteiger partial charge in [0.25, 0.3) is 0 Å². The lowest BCUT2D eigenvalue weighted by atomic mass is 9.95. The van der Waals surface area contributed by atoms with E-state index in [-0.39, 0.29) is 24.8 Å². The molecule has 28 heavy (non-hydrogen) atoms. The van der Waals surface area contributed by atoms with Gasteiger partial charge in [0.1, 0.15) is 0 Å². The molecule has 1 aromatic carbocycles. The molecule has 0 atom stereocenters. The number of amides is 1. The average Bonchev–Trinajstić information content (AvgIpc) is 3.14. The highest BCUT2D eigenvalue weighted by Gasteiger charge is 2.48. The minimum atomic E-state index is -3.49. The van der Waals surface area contributed by atoms with Crippen LogP contribution in [0, 0.1) is 0 Å². The van der Waals surface area contributed by atoms with Gasteiger partial charge in [0, 0.05) is 18.5 Å². The number of carbonyl (C=O) groups is 1. The second-order valence-corrected chi connectivity index (χ2v) is 9.79. The predicted molar refractivity (Wildman–Crippen MR) is 119 cm³/mol. The second-order valence-electron chi connectivity index (χ2n) is 7.47. The van der Waals surface area contributed by atoms with E-state index in [2.05, 4.69) is 15.5 Å². The minimum absolute atomic E-state index is 0. The van der Waals surface area contributed by atoms with Crippen LogP contribution in [0.3, 0.4) is 0 Å². The van der Waals surface area contributed by atoms with Crippen molar-refractivity contribution in [3.63, 3.8) is 0 Å². The van der Waals surface area contributed by atoms with Crippen molar-refractivity contribution < 1.29 is 13.2 Å². The van der Waals surface area contributed by atoms with Crippen molar-refractivity contribution in [3.05, 3.63) is 29.8 Å². The molecule has 2 heterocycles. The lowest BCUT2D eigenvalue weighted by Gasteiger charge is -2.34. The number of sulfone groups is 1. The van der Waals surface area contributed by atoms with Crippen LogP contribution in [0.5, 0.6) is 0 Å². The average molecular weight is 452 g/mol. The standard InChI is InChI=1S/C19H29N3O3S.2ClH/c1-26(24,25)19(9-11-20-12-10-19)18(23)21-17-6-4-16(5-7-17)8-15-22-13-2-3-14-22;;/h4-7,20H,2-3,8-15H2,1H3,(H,21,23);2*1H. The van der Waals surface area contributed by atoms with Crippen LogP contribution in [0.2, 0.25) is 0 Å². The van der Waals surface area contributed by atoms with Gasteiger partial charge in [-0.25, -0.2) is 8.42 Å². The predicted octanol–water partition coefficient (Wildman–Crippen LogP) is 2.27. The quantitative estimate of drug-likeness (QED) is 0.693. The van der Waals surface area contributed by atoms with Gasteiger partial charge in [0.05, 0.1) is 0 Å². The van der Waals surface area contributed by atoms with E-state index in [4.69, 9.17) is 0 Å². The number of rotatable bonds is 6. The number of carbonyl (C=O) groups excluding carboxylic acids is 1. The number of halogens is 2. The van der Waals surface area contributed by atoms with Gasteiger partial charge in [0.15, 0.2) is 14.6 Å². The van der Waals surface area contributed by atoms with Gasteiger partial charge >= 0.3 is 0 Å². The van der Waals surface area contributed by atoms with Crippen molar-refractivity contribution in [3.8, 4) is 0 Å². The maximum Gasteiger partial charge on any atom is 0.245 e. The van der Waals surface area contributed by atoms with Crippen molar-refractivity contribution >= 4 is 46.2 Å². The summed E-state index contributed by atoms with van der Waals surface area (Å²) in [5.41, 5.74) is 1.89. The fraction of sp³-hybridized carbons (Fsp3) is 0.632. The van der Waals surface area contributed by atoms with Gasteiger partial charge in [-0.1, -0.05) is 12.1 Å². The topological polar surface area (TPSA) is 78.5 Å². The van der Waals surface area contributed by atoms with Crippen LogP contribution < -0.4 is 10.6 Å². The molecule has 1 amide bonds. The number of benzene rings is 1. The molecule has 2 fully saturated rings. The molecule has 9 heteroatoms. The smallest absolute Gasteiger partial charge is 0.245 e. The molecular formula is C19H31Cl2N3O3S. The van der Waals surface area contributed by atoms with Crippen LogP contribution in [-0.4, -0.2) is 63.0 Å². The largest absolute Gasteiger partial charge is 0.325 e. The van der Waals surface area contributed by atoms with Crippen molar-refractivity contribution in [2.24, 2.45) is 0 Å². The maximum absolute atomic E-state index is 12.8. The Morgan fingerprint density at radius 2 is 1.68 bits per heavy atom. The zero-order valence-electron chi connectivity index (χ0n) is 16.3. The first kappa shape index (κ1) is 25.2. The molecule has 0 aliphatic carbocycles. The van der Waals surface area contributed by atoms with Crippen LogP contribution >= 0.6 is 24.8 Å². The zero-order chi connectivity index (χ0) is 18.6. The van der Waals surface area contributed by atoms with Gasteiger partial charge in [-0.05, 0) is 76.0 Å². The van der Waals surface area contributed by atoms with Gasteiger partial charge < -0.3 is 15.5 Å². The zero-order valence-corrected chi connectivity index (χ0v) is 18.7. The van der Waals surface area contributed by atoms with Crippen LogP contribution in [0.1, 0.15) is 31.2 Å². The Balaban J connectivity index is 0.00000196. The molecule has 6 nitrogen and oxygen atoms in total. The highest BCUT2D eigenvalue weighted by molar-refractivity contribution is 7.92. The highest BCUT2D eigenvalue weighted by Crippen LogP contribution is 2.29. The van der Waals surface area contributed by atoms with Crippen molar-refractivity contribution in [2.75, 3.05) is 44.3 Å². The molecule has 160 valence electrons. The van der Waals surface area contributed by atoms with E-state index in [0.717, 1.165) is 13.0 Å². The van der Waals surface area contributed by atoms with E-state index in [1.807, 2.05) is 24.3 Å². The first-order valence-corrected chi connectivity index (χ1v) is 11.3. The number of hydrogen-bond acceptors (Lipinski definition) is 5. The molecule has 2 N–H and O–H groups in total. The molecule has 0 bridgehead atoms. The molecule has 0 spiro atoms. The van der Waals surface area contributed by atoms with E-state index < -0.39 is 20.5 Å². The van der Waals surface area contributed by atoms with E-state index in [1.165, 1.54) is 37.8 Å². The molecule has 1 aromatic rings. The number of anilines is 1. The summed E-state index contributed by atoms with van der Waals surface area (Å²) in [6, 6.07) is 7.77. The van der Waals surface area contributed by atoms with Crippen molar-refractivity contribution in [1.29, 1.82) is 0 Å². The van der Waals surface area contributed by atoms with Gasteiger partial charge in [-0.15, -0.1) is 24.8 Å². The van der Waals surface area contributed by atoms with Crippen LogP contribution in [0.4, 0.5) is 5.69 Å². The Labute approximate surface area is 180 Å². The lowest BCUT2D eigenvalue weighted by Crippen LogP contribution is -2.55. The summed E-state index contributed by atoms with van der Waals surface area (Å²) in [6.45, 7) is 4.52. The second kappa shape index (κ2) is 10.8. The van der Waals surface area contributed by atoms with Gasteiger partial charge in [-0.2, -0.15) is 0 Å². The van der Waals surface area contributed by atoms with E-state index in [0.29, 0.717) is 31.6 Å². The van der Waals surface area contributed by atoms with Crippen LogP contribution in [0.25, 0.3) is 0 Å². The number of piperidine rings is 1. The Hall–Kier alpha value is -0.860. The third-order valence-corrected chi connectivity index (χ3v) is 7.68.